The predicted octanol–water partition coefficient (Wildman–Crippen LogP) is 1.78. The number of rotatable bonds is 4. The maximum atomic E-state index is 11.2. The maximum Gasteiger partial charge on any atom is 0.285 e. The molecule has 0 fully saturated rings. The summed E-state index contributed by atoms with van der Waals surface area (Å²) in [6.45, 7) is 0. The van der Waals surface area contributed by atoms with Crippen molar-refractivity contribution in [3.8, 4) is 0 Å². The average molecular weight is 294 g/mol. The quantitative estimate of drug-likeness (QED) is 0.507. The molecule has 0 aliphatic rings. The Hall–Kier alpha value is -2.74. The van der Waals surface area contributed by atoms with Gasteiger partial charge in [0.2, 0.25) is 0 Å². The summed E-state index contributed by atoms with van der Waals surface area (Å²) in [4.78, 5) is 21.2. The molecule has 2 aromatic rings. The second-order valence-electron chi connectivity index (χ2n) is 3.65. The molecule has 0 amide bonds. The van der Waals surface area contributed by atoms with E-state index in [0.29, 0.717) is 5.56 Å². The van der Waals surface area contributed by atoms with Crippen LogP contribution in [0.1, 0.15) is 5.56 Å². The molecule has 0 saturated heterocycles. The largest absolute Gasteiger partial charge is 0.285 e. The smallest absolute Gasteiger partial charge is 0.275 e. The lowest BCUT2D eigenvalue weighted by Crippen LogP contribution is -2.10. The van der Waals surface area contributed by atoms with Gasteiger partial charge >= 0.3 is 0 Å². The van der Waals surface area contributed by atoms with Crippen molar-refractivity contribution in [1.29, 1.82) is 0 Å². The first kappa shape index (κ1) is 13.7. The van der Waals surface area contributed by atoms with Crippen molar-refractivity contribution in [2.45, 2.75) is 0 Å². The molecule has 2 N–H and O–H groups in total. The van der Waals surface area contributed by atoms with Crippen LogP contribution in [0.4, 0.5) is 11.4 Å². The lowest BCUT2D eigenvalue weighted by atomic mass is 10.2. The molecule has 9 heteroatoms. The van der Waals surface area contributed by atoms with E-state index < -0.39 is 10.5 Å². The number of aromatic amines is 1. The highest BCUT2D eigenvalue weighted by Crippen LogP contribution is 2.14. The number of anilines is 1. The Morgan fingerprint density at radius 3 is 2.75 bits per heavy atom. The first-order valence-corrected chi connectivity index (χ1v) is 5.72. The molecule has 102 valence electrons. The number of H-pyrrole nitrogens is 1. The molecular formula is C11H8ClN5O3. The molecule has 0 unspecified atom stereocenters. The van der Waals surface area contributed by atoms with Gasteiger partial charge in [-0.15, -0.1) is 0 Å². The normalized spacial score (nSPS) is 10.7. The van der Waals surface area contributed by atoms with E-state index in [1.54, 1.807) is 12.1 Å². The van der Waals surface area contributed by atoms with Gasteiger partial charge < -0.3 is 0 Å². The van der Waals surface area contributed by atoms with Gasteiger partial charge in [-0.05, 0) is 17.7 Å². The van der Waals surface area contributed by atoms with Crippen LogP contribution in [0.3, 0.4) is 0 Å². The van der Waals surface area contributed by atoms with E-state index in [2.05, 4.69) is 20.7 Å². The van der Waals surface area contributed by atoms with Gasteiger partial charge in [-0.3, -0.25) is 20.3 Å². The van der Waals surface area contributed by atoms with E-state index in [1.807, 2.05) is 0 Å². The maximum absolute atomic E-state index is 11.2. The Labute approximate surface area is 117 Å². The third kappa shape index (κ3) is 3.18. The Balaban J connectivity index is 2.08. The molecule has 1 heterocycles. The van der Waals surface area contributed by atoms with Gasteiger partial charge in [0.1, 0.15) is 10.7 Å². The monoisotopic (exact) mass is 293 g/mol. The number of nitrogens with zero attached hydrogens (tertiary/aromatic N) is 3. The molecule has 20 heavy (non-hydrogen) atoms. The minimum Gasteiger partial charge on any atom is -0.275 e. The SMILES string of the molecule is O=c1[nH]ncc(NN=Cc2ccc([N+](=O)[O-])cc2)c1Cl. The van der Waals surface area contributed by atoms with Crippen molar-refractivity contribution in [2.75, 3.05) is 5.43 Å². The fourth-order valence-corrected chi connectivity index (χ4v) is 1.45. The highest BCUT2D eigenvalue weighted by Gasteiger charge is 2.04. The summed E-state index contributed by atoms with van der Waals surface area (Å²) in [7, 11) is 0. The molecule has 0 atom stereocenters. The Morgan fingerprint density at radius 1 is 1.40 bits per heavy atom. The number of benzene rings is 1. The summed E-state index contributed by atoms with van der Waals surface area (Å²) in [5.41, 5.74) is 2.94. The van der Waals surface area contributed by atoms with Crippen molar-refractivity contribution in [1.82, 2.24) is 10.2 Å². The van der Waals surface area contributed by atoms with Crippen LogP contribution in [0.25, 0.3) is 0 Å². The van der Waals surface area contributed by atoms with Gasteiger partial charge in [-0.2, -0.15) is 10.2 Å². The number of nitrogens with one attached hydrogen (secondary N) is 2. The van der Waals surface area contributed by atoms with Crippen LogP contribution < -0.4 is 11.0 Å². The molecule has 0 aliphatic carbocycles. The van der Waals surface area contributed by atoms with Gasteiger partial charge in [0.15, 0.2) is 0 Å². The molecule has 1 aromatic carbocycles. The summed E-state index contributed by atoms with van der Waals surface area (Å²) in [6, 6.07) is 5.81. The van der Waals surface area contributed by atoms with Crippen LogP contribution in [0, 0.1) is 10.1 Å². The fourth-order valence-electron chi connectivity index (χ4n) is 1.32. The van der Waals surface area contributed by atoms with E-state index in [4.69, 9.17) is 11.6 Å². The summed E-state index contributed by atoms with van der Waals surface area (Å²) in [5.74, 6) is 0. The zero-order valence-electron chi connectivity index (χ0n) is 9.91. The first-order valence-electron chi connectivity index (χ1n) is 5.34. The van der Waals surface area contributed by atoms with Crippen LogP contribution >= 0.6 is 11.6 Å². The Morgan fingerprint density at radius 2 is 2.10 bits per heavy atom. The minimum atomic E-state index is -0.526. The average Bonchev–Trinajstić information content (AvgIpc) is 2.44. The first-order chi connectivity index (χ1) is 9.58. The van der Waals surface area contributed by atoms with Crippen molar-refractivity contribution >= 4 is 29.2 Å². The van der Waals surface area contributed by atoms with E-state index in [-0.39, 0.29) is 16.4 Å². The topological polar surface area (TPSA) is 113 Å². The van der Waals surface area contributed by atoms with Crippen LogP contribution in [0.2, 0.25) is 5.02 Å². The summed E-state index contributed by atoms with van der Waals surface area (Å²) < 4.78 is 0. The zero-order valence-corrected chi connectivity index (χ0v) is 10.7. The van der Waals surface area contributed by atoms with Gasteiger partial charge in [0.25, 0.3) is 11.2 Å². The van der Waals surface area contributed by atoms with Crippen molar-refractivity contribution in [3.05, 3.63) is 61.5 Å². The summed E-state index contributed by atoms with van der Waals surface area (Å²) >= 11 is 5.74. The number of aromatic nitrogens is 2. The van der Waals surface area contributed by atoms with Gasteiger partial charge in [-0.1, -0.05) is 11.6 Å². The Kier molecular flexibility index (Phi) is 4.06. The van der Waals surface area contributed by atoms with Crippen molar-refractivity contribution in [3.63, 3.8) is 0 Å². The number of nitro benzene ring substituents is 1. The van der Waals surface area contributed by atoms with Crippen molar-refractivity contribution in [2.24, 2.45) is 5.10 Å². The molecule has 1 aromatic heterocycles. The number of hydrogen-bond acceptors (Lipinski definition) is 6. The lowest BCUT2D eigenvalue weighted by molar-refractivity contribution is -0.384. The number of hydrazone groups is 1. The van der Waals surface area contributed by atoms with E-state index in [9.17, 15) is 14.9 Å². The molecule has 8 nitrogen and oxygen atoms in total. The number of hydrogen-bond donors (Lipinski definition) is 2. The lowest BCUT2D eigenvalue weighted by Gasteiger charge is -2.00. The van der Waals surface area contributed by atoms with Gasteiger partial charge in [-0.25, -0.2) is 5.10 Å². The zero-order chi connectivity index (χ0) is 14.5. The highest BCUT2D eigenvalue weighted by molar-refractivity contribution is 6.32. The van der Waals surface area contributed by atoms with Crippen LogP contribution in [0.5, 0.6) is 0 Å². The third-order valence-corrected chi connectivity index (χ3v) is 2.67. The van der Waals surface area contributed by atoms with E-state index in [1.165, 1.54) is 24.5 Å². The molecule has 0 spiro atoms. The Bertz CT molecular complexity index is 711. The second-order valence-corrected chi connectivity index (χ2v) is 4.02. The van der Waals surface area contributed by atoms with Gasteiger partial charge in [0.05, 0.1) is 17.3 Å². The molecule has 0 saturated carbocycles. The number of halogens is 1. The second kappa shape index (κ2) is 5.93. The molecule has 2 rings (SSSR count). The number of non-ortho nitro benzene ring substituents is 1. The third-order valence-electron chi connectivity index (χ3n) is 2.30. The molecule has 0 bridgehead atoms. The molecule has 0 radical (unpaired) electrons. The highest BCUT2D eigenvalue weighted by atomic mass is 35.5. The summed E-state index contributed by atoms with van der Waals surface area (Å²) in [5, 5.41) is 20.0. The predicted molar refractivity (Wildman–Crippen MR) is 74.2 cm³/mol. The molecular weight excluding hydrogens is 286 g/mol. The fraction of sp³-hybridized carbons (Fsp3) is 0. The van der Waals surface area contributed by atoms with E-state index >= 15 is 0 Å². The van der Waals surface area contributed by atoms with Crippen LogP contribution in [0.15, 0.2) is 40.4 Å². The van der Waals surface area contributed by atoms with E-state index in [0.717, 1.165) is 0 Å². The van der Waals surface area contributed by atoms with Crippen molar-refractivity contribution < 1.29 is 4.92 Å². The van der Waals surface area contributed by atoms with Gasteiger partial charge in [0, 0.05) is 12.1 Å². The number of nitro groups is 1. The van der Waals surface area contributed by atoms with Crippen LogP contribution in [-0.2, 0) is 0 Å². The minimum absolute atomic E-state index is 0.00283. The molecule has 0 aliphatic heterocycles. The summed E-state index contributed by atoms with van der Waals surface area (Å²) in [6.07, 6.45) is 2.75. The van der Waals surface area contributed by atoms with Crippen LogP contribution in [-0.4, -0.2) is 21.3 Å². The standard InChI is InChI=1S/C11H8ClN5O3/c12-10-9(6-14-16-11(10)18)15-13-5-7-1-3-8(4-2-7)17(19)20/h1-6H,(H2,15,16,18).